The van der Waals surface area contributed by atoms with Crippen molar-refractivity contribution < 1.29 is 9.15 Å². The van der Waals surface area contributed by atoms with Crippen LogP contribution in [-0.2, 0) is 10.2 Å². The maximum atomic E-state index is 5.53. The number of nitrogens with one attached hydrogen (secondary N) is 1. The van der Waals surface area contributed by atoms with Gasteiger partial charge in [-0.15, -0.1) is 0 Å². The van der Waals surface area contributed by atoms with Crippen molar-refractivity contribution in [3.05, 3.63) is 29.7 Å². The Morgan fingerprint density at radius 3 is 2.78 bits per heavy atom. The topological polar surface area (TPSA) is 47.3 Å². The standard InChI is InChI=1S/C14H16N2O2/c1-9-16-12-4-10(2-3-13(12)18-9)14(7-17-8-14)11-5-15-6-11/h2-4,11,15H,5-8H2,1H3. The fourth-order valence-electron chi connectivity index (χ4n) is 2.99. The van der Waals surface area contributed by atoms with Crippen molar-refractivity contribution in [3.8, 4) is 0 Å². The average molecular weight is 244 g/mol. The molecule has 94 valence electrons. The number of aromatic nitrogens is 1. The minimum atomic E-state index is 0.201. The Labute approximate surface area is 105 Å². The van der Waals surface area contributed by atoms with Gasteiger partial charge in [-0.1, -0.05) is 6.07 Å². The van der Waals surface area contributed by atoms with E-state index < -0.39 is 0 Å². The van der Waals surface area contributed by atoms with Crippen molar-refractivity contribution in [2.75, 3.05) is 26.3 Å². The Morgan fingerprint density at radius 1 is 1.33 bits per heavy atom. The number of aryl methyl sites for hydroxylation is 1. The molecule has 0 amide bonds. The highest BCUT2D eigenvalue weighted by Gasteiger charge is 2.49. The summed E-state index contributed by atoms with van der Waals surface area (Å²) in [6.07, 6.45) is 0. The second-order valence-electron chi connectivity index (χ2n) is 5.42. The van der Waals surface area contributed by atoms with Gasteiger partial charge in [0.05, 0.1) is 13.2 Å². The summed E-state index contributed by atoms with van der Waals surface area (Å²) in [4.78, 5) is 4.43. The zero-order valence-corrected chi connectivity index (χ0v) is 10.4. The molecule has 2 aromatic rings. The molecule has 2 fully saturated rings. The minimum absolute atomic E-state index is 0.201. The third-order valence-electron chi connectivity index (χ3n) is 4.35. The monoisotopic (exact) mass is 244 g/mol. The highest BCUT2D eigenvalue weighted by molar-refractivity contribution is 5.74. The zero-order chi connectivity index (χ0) is 12.2. The van der Waals surface area contributed by atoms with Crippen LogP contribution in [0.3, 0.4) is 0 Å². The number of hydrogen-bond donors (Lipinski definition) is 1. The molecule has 2 aliphatic rings. The summed E-state index contributed by atoms with van der Waals surface area (Å²) < 4.78 is 11.0. The van der Waals surface area contributed by atoms with Crippen LogP contribution in [0.15, 0.2) is 22.6 Å². The van der Waals surface area contributed by atoms with Gasteiger partial charge >= 0.3 is 0 Å². The third-order valence-corrected chi connectivity index (χ3v) is 4.35. The molecule has 4 nitrogen and oxygen atoms in total. The number of fused-ring (bicyclic) bond motifs is 1. The Bertz CT molecular complexity index is 597. The van der Waals surface area contributed by atoms with Crippen LogP contribution in [0.2, 0.25) is 0 Å². The smallest absolute Gasteiger partial charge is 0.192 e. The number of hydrogen-bond acceptors (Lipinski definition) is 4. The molecule has 0 atom stereocenters. The first-order valence-electron chi connectivity index (χ1n) is 6.44. The third kappa shape index (κ3) is 1.30. The lowest BCUT2D eigenvalue weighted by Crippen LogP contribution is -2.62. The van der Waals surface area contributed by atoms with Gasteiger partial charge in [0.25, 0.3) is 0 Å². The van der Waals surface area contributed by atoms with Gasteiger partial charge in [-0.05, 0) is 23.6 Å². The largest absolute Gasteiger partial charge is 0.441 e. The molecule has 3 heterocycles. The van der Waals surface area contributed by atoms with Gasteiger partial charge in [-0.2, -0.15) is 0 Å². The van der Waals surface area contributed by atoms with Crippen LogP contribution in [0.1, 0.15) is 11.5 Å². The molecule has 0 aliphatic carbocycles. The van der Waals surface area contributed by atoms with Crippen LogP contribution in [0.4, 0.5) is 0 Å². The number of ether oxygens (including phenoxy) is 1. The van der Waals surface area contributed by atoms with Gasteiger partial charge in [0.15, 0.2) is 11.5 Å². The molecule has 1 aromatic heterocycles. The second-order valence-corrected chi connectivity index (χ2v) is 5.42. The summed E-state index contributed by atoms with van der Waals surface area (Å²) in [7, 11) is 0. The highest BCUT2D eigenvalue weighted by Crippen LogP contribution is 2.42. The lowest BCUT2D eigenvalue weighted by atomic mass is 9.66. The van der Waals surface area contributed by atoms with Crippen LogP contribution in [-0.4, -0.2) is 31.3 Å². The first-order valence-corrected chi connectivity index (χ1v) is 6.44. The number of oxazole rings is 1. The van der Waals surface area contributed by atoms with Gasteiger partial charge in [-0.25, -0.2) is 4.98 Å². The summed E-state index contributed by atoms with van der Waals surface area (Å²) in [6, 6.07) is 6.39. The van der Waals surface area contributed by atoms with Gasteiger partial charge in [-0.3, -0.25) is 0 Å². The second kappa shape index (κ2) is 3.56. The van der Waals surface area contributed by atoms with Crippen LogP contribution >= 0.6 is 0 Å². The molecular weight excluding hydrogens is 228 g/mol. The zero-order valence-electron chi connectivity index (χ0n) is 10.4. The van der Waals surface area contributed by atoms with E-state index in [2.05, 4.69) is 22.4 Å². The van der Waals surface area contributed by atoms with Crippen molar-refractivity contribution in [2.24, 2.45) is 5.92 Å². The van der Waals surface area contributed by atoms with Crippen molar-refractivity contribution in [2.45, 2.75) is 12.3 Å². The van der Waals surface area contributed by atoms with Crippen LogP contribution in [0, 0.1) is 12.8 Å². The minimum Gasteiger partial charge on any atom is -0.441 e. The number of benzene rings is 1. The van der Waals surface area contributed by atoms with E-state index in [-0.39, 0.29) is 5.41 Å². The molecular formula is C14H16N2O2. The van der Waals surface area contributed by atoms with E-state index in [0.717, 1.165) is 43.3 Å². The van der Waals surface area contributed by atoms with Crippen LogP contribution in [0.25, 0.3) is 11.1 Å². The van der Waals surface area contributed by atoms with Gasteiger partial charge in [0.1, 0.15) is 5.52 Å². The van der Waals surface area contributed by atoms with E-state index in [1.165, 1.54) is 5.56 Å². The molecule has 1 aromatic carbocycles. The van der Waals surface area contributed by atoms with Gasteiger partial charge in [0.2, 0.25) is 0 Å². The van der Waals surface area contributed by atoms with Crippen molar-refractivity contribution in [1.82, 2.24) is 10.3 Å². The van der Waals surface area contributed by atoms with Crippen molar-refractivity contribution in [3.63, 3.8) is 0 Å². The fourth-order valence-corrected chi connectivity index (χ4v) is 2.99. The molecule has 4 rings (SSSR count). The lowest BCUT2D eigenvalue weighted by Gasteiger charge is -2.51. The van der Waals surface area contributed by atoms with E-state index in [1.807, 2.05) is 13.0 Å². The van der Waals surface area contributed by atoms with E-state index in [0.29, 0.717) is 5.92 Å². The molecule has 18 heavy (non-hydrogen) atoms. The average Bonchev–Trinajstić information content (AvgIpc) is 2.59. The molecule has 4 heteroatoms. The van der Waals surface area contributed by atoms with Crippen LogP contribution in [0.5, 0.6) is 0 Å². The first kappa shape index (κ1) is 10.5. The predicted molar refractivity (Wildman–Crippen MR) is 67.6 cm³/mol. The SMILES string of the molecule is Cc1nc2cc(C3(C4CNC4)COC3)ccc2o1. The first-order chi connectivity index (χ1) is 8.78. The summed E-state index contributed by atoms with van der Waals surface area (Å²) in [6.45, 7) is 5.75. The van der Waals surface area contributed by atoms with E-state index >= 15 is 0 Å². The lowest BCUT2D eigenvalue weighted by molar-refractivity contribution is -0.101. The van der Waals surface area contributed by atoms with E-state index in [9.17, 15) is 0 Å². The molecule has 0 radical (unpaired) electrons. The predicted octanol–water partition coefficient (Wildman–Crippen LogP) is 1.62. The highest BCUT2D eigenvalue weighted by atomic mass is 16.5. The summed E-state index contributed by atoms with van der Waals surface area (Å²) in [5, 5.41) is 3.36. The maximum absolute atomic E-state index is 5.53. The van der Waals surface area contributed by atoms with E-state index in [4.69, 9.17) is 9.15 Å². The molecule has 0 spiro atoms. The Hall–Kier alpha value is -1.39. The quantitative estimate of drug-likeness (QED) is 0.872. The summed E-state index contributed by atoms with van der Waals surface area (Å²) in [5.41, 5.74) is 3.38. The molecule has 2 saturated heterocycles. The molecule has 0 unspecified atom stereocenters. The number of rotatable bonds is 2. The summed E-state index contributed by atoms with van der Waals surface area (Å²) in [5.74, 6) is 1.42. The van der Waals surface area contributed by atoms with Gasteiger partial charge in [0, 0.05) is 25.4 Å². The maximum Gasteiger partial charge on any atom is 0.192 e. The summed E-state index contributed by atoms with van der Waals surface area (Å²) >= 11 is 0. The Balaban J connectivity index is 1.80. The van der Waals surface area contributed by atoms with Crippen LogP contribution < -0.4 is 5.32 Å². The Kier molecular flexibility index (Phi) is 2.08. The van der Waals surface area contributed by atoms with Gasteiger partial charge < -0.3 is 14.5 Å². The molecule has 1 N–H and O–H groups in total. The molecule has 0 saturated carbocycles. The molecule has 0 bridgehead atoms. The fraction of sp³-hybridized carbons (Fsp3) is 0.500. The number of nitrogens with zero attached hydrogens (tertiary/aromatic N) is 1. The Morgan fingerprint density at radius 2 is 2.17 bits per heavy atom. The van der Waals surface area contributed by atoms with Crippen molar-refractivity contribution in [1.29, 1.82) is 0 Å². The molecule has 2 aliphatic heterocycles. The van der Waals surface area contributed by atoms with Crippen molar-refractivity contribution >= 4 is 11.1 Å². The normalized spacial score (nSPS) is 22.7. The van der Waals surface area contributed by atoms with E-state index in [1.54, 1.807) is 0 Å².